The van der Waals surface area contributed by atoms with Crippen LogP contribution in [0.15, 0.2) is 36.4 Å². The predicted octanol–water partition coefficient (Wildman–Crippen LogP) is 1.87. The highest BCUT2D eigenvalue weighted by Gasteiger charge is 2.49. The number of hydrogen-bond donors (Lipinski definition) is 2. The molecule has 0 aliphatic carbocycles. The van der Waals surface area contributed by atoms with Crippen LogP contribution in [-0.4, -0.2) is 55.7 Å². The van der Waals surface area contributed by atoms with Gasteiger partial charge in [-0.2, -0.15) is 0 Å². The van der Waals surface area contributed by atoms with E-state index in [4.69, 9.17) is 18.9 Å². The van der Waals surface area contributed by atoms with Crippen LogP contribution in [0.25, 0.3) is 0 Å². The van der Waals surface area contributed by atoms with Gasteiger partial charge < -0.3 is 29.6 Å². The van der Waals surface area contributed by atoms with E-state index in [2.05, 4.69) is 10.6 Å². The minimum atomic E-state index is -1.32. The summed E-state index contributed by atoms with van der Waals surface area (Å²) in [5, 5.41) is 5.54. The lowest BCUT2D eigenvalue weighted by atomic mass is 9.91. The molecule has 0 spiro atoms. The summed E-state index contributed by atoms with van der Waals surface area (Å²) in [5.74, 6) is 1.39. The molecule has 0 saturated carbocycles. The molecule has 0 aromatic heterocycles. The average Bonchev–Trinajstić information content (AvgIpc) is 3.07. The summed E-state index contributed by atoms with van der Waals surface area (Å²) in [7, 11) is 0. The Bertz CT molecular complexity index is 1170. The van der Waals surface area contributed by atoms with Crippen molar-refractivity contribution in [1.82, 2.24) is 15.5 Å². The first-order valence-corrected chi connectivity index (χ1v) is 11.1. The lowest BCUT2D eigenvalue weighted by Gasteiger charge is -2.25. The van der Waals surface area contributed by atoms with Crippen molar-refractivity contribution in [3.05, 3.63) is 47.5 Å². The lowest BCUT2D eigenvalue weighted by Crippen LogP contribution is -2.43. The molecule has 178 valence electrons. The average molecular weight is 467 g/mol. The third kappa shape index (κ3) is 3.85. The monoisotopic (exact) mass is 467 g/mol. The van der Waals surface area contributed by atoms with Gasteiger partial charge in [-0.05, 0) is 49.2 Å². The molecule has 34 heavy (non-hydrogen) atoms. The van der Waals surface area contributed by atoms with Crippen LogP contribution in [0.5, 0.6) is 23.0 Å². The standard InChI is InChI=1S/C24H25N3O7/c1-14(15-3-5-17-19(11-15)33-9-7-31-17)25-21(28)13-27-22(29)24(2,26-23(27)30)16-4-6-18-20(12-16)34-10-8-32-18/h3-6,11-12,14H,7-10,13H2,1-2H3,(H,25,28)(H,26,30). The van der Waals surface area contributed by atoms with Crippen molar-refractivity contribution in [2.75, 3.05) is 33.0 Å². The SMILES string of the molecule is CC(NC(=O)CN1C(=O)NC(C)(c2ccc3c(c2)OCCO3)C1=O)c1ccc2c(c1)OCCO2. The quantitative estimate of drug-likeness (QED) is 0.645. The first kappa shape index (κ1) is 21.9. The Hall–Kier alpha value is -3.95. The van der Waals surface area contributed by atoms with Crippen LogP contribution in [0, 0.1) is 0 Å². The van der Waals surface area contributed by atoms with Crippen LogP contribution in [-0.2, 0) is 15.1 Å². The number of nitrogens with one attached hydrogen (secondary N) is 2. The summed E-state index contributed by atoms with van der Waals surface area (Å²) in [6.07, 6.45) is 0. The Labute approximate surface area is 196 Å². The van der Waals surface area contributed by atoms with E-state index in [0.29, 0.717) is 55.0 Å². The van der Waals surface area contributed by atoms with E-state index < -0.39 is 29.9 Å². The summed E-state index contributed by atoms with van der Waals surface area (Å²) < 4.78 is 22.2. The molecule has 10 nitrogen and oxygen atoms in total. The predicted molar refractivity (Wildman–Crippen MR) is 119 cm³/mol. The fourth-order valence-electron chi connectivity index (χ4n) is 4.23. The normalized spacial score (nSPS) is 21.6. The zero-order valence-corrected chi connectivity index (χ0v) is 18.9. The number of carbonyl (C=O) groups is 3. The molecular formula is C24H25N3O7. The van der Waals surface area contributed by atoms with Crippen LogP contribution < -0.4 is 29.6 Å². The molecule has 4 amide bonds. The molecule has 3 aliphatic rings. The number of imide groups is 1. The van der Waals surface area contributed by atoms with Gasteiger partial charge >= 0.3 is 6.03 Å². The van der Waals surface area contributed by atoms with Crippen LogP contribution in [0.1, 0.15) is 31.0 Å². The van der Waals surface area contributed by atoms with E-state index in [9.17, 15) is 14.4 Å². The van der Waals surface area contributed by atoms with Gasteiger partial charge in [-0.15, -0.1) is 0 Å². The molecule has 2 aromatic rings. The molecule has 2 aromatic carbocycles. The molecular weight excluding hydrogens is 442 g/mol. The minimum absolute atomic E-state index is 0.367. The minimum Gasteiger partial charge on any atom is -0.486 e. The Balaban J connectivity index is 1.27. The van der Waals surface area contributed by atoms with E-state index in [0.717, 1.165) is 10.5 Å². The lowest BCUT2D eigenvalue weighted by molar-refractivity contribution is -0.135. The number of nitrogens with zero attached hydrogens (tertiary/aromatic N) is 1. The van der Waals surface area contributed by atoms with Crippen molar-refractivity contribution in [2.45, 2.75) is 25.4 Å². The number of urea groups is 1. The summed E-state index contributed by atoms with van der Waals surface area (Å²) in [4.78, 5) is 39.5. The van der Waals surface area contributed by atoms with Crippen LogP contribution >= 0.6 is 0 Å². The highest BCUT2D eigenvalue weighted by Crippen LogP contribution is 2.37. The molecule has 2 unspecified atom stereocenters. The summed E-state index contributed by atoms with van der Waals surface area (Å²) in [5.41, 5.74) is 0.0350. The zero-order valence-electron chi connectivity index (χ0n) is 18.9. The summed E-state index contributed by atoms with van der Waals surface area (Å²) in [6.45, 7) is 4.83. The van der Waals surface area contributed by atoms with Crippen LogP contribution in [0.4, 0.5) is 4.79 Å². The molecule has 3 aliphatic heterocycles. The molecule has 3 heterocycles. The number of rotatable bonds is 5. The number of benzene rings is 2. The largest absolute Gasteiger partial charge is 0.486 e. The molecule has 1 saturated heterocycles. The number of hydrogen-bond acceptors (Lipinski definition) is 7. The third-order valence-corrected chi connectivity index (χ3v) is 6.14. The van der Waals surface area contributed by atoms with Gasteiger partial charge in [-0.25, -0.2) is 4.79 Å². The van der Waals surface area contributed by atoms with Crippen LogP contribution in [0.3, 0.4) is 0 Å². The molecule has 0 bridgehead atoms. The fraction of sp³-hybridized carbons (Fsp3) is 0.375. The van der Waals surface area contributed by atoms with Crippen molar-refractivity contribution in [1.29, 1.82) is 0 Å². The van der Waals surface area contributed by atoms with Crippen molar-refractivity contribution in [3.8, 4) is 23.0 Å². The van der Waals surface area contributed by atoms with Crippen molar-refractivity contribution in [2.24, 2.45) is 0 Å². The Morgan fingerprint density at radius 2 is 1.56 bits per heavy atom. The summed E-state index contributed by atoms with van der Waals surface area (Å²) in [6, 6.07) is 9.54. The van der Waals surface area contributed by atoms with E-state index in [-0.39, 0.29) is 6.04 Å². The molecule has 2 atom stereocenters. The smallest absolute Gasteiger partial charge is 0.325 e. The van der Waals surface area contributed by atoms with Gasteiger partial charge in [-0.3, -0.25) is 14.5 Å². The second kappa shape index (κ2) is 8.44. The maximum Gasteiger partial charge on any atom is 0.325 e. The Kier molecular flexibility index (Phi) is 5.43. The first-order chi connectivity index (χ1) is 16.3. The molecule has 0 radical (unpaired) electrons. The summed E-state index contributed by atoms with van der Waals surface area (Å²) >= 11 is 0. The van der Waals surface area contributed by atoms with E-state index in [1.54, 1.807) is 31.2 Å². The number of amides is 4. The number of carbonyl (C=O) groups excluding carboxylic acids is 3. The van der Waals surface area contributed by atoms with Crippen molar-refractivity contribution < 1.29 is 33.3 Å². The molecule has 1 fully saturated rings. The molecule has 2 N–H and O–H groups in total. The van der Waals surface area contributed by atoms with Crippen LogP contribution in [0.2, 0.25) is 0 Å². The molecule has 10 heteroatoms. The van der Waals surface area contributed by atoms with Gasteiger partial charge in [-0.1, -0.05) is 12.1 Å². The Morgan fingerprint density at radius 1 is 0.971 bits per heavy atom. The first-order valence-electron chi connectivity index (χ1n) is 11.1. The maximum atomic E-state index is 13.2. The highest BCUT2D eigenvalue weighted by molar-refractivity contribution is 6.09. The Morgan fingerprint density at radius 3 is 2.24 bits per heavy atom. The second-order valence-electron chi connectivity index (χ2n) is 8.50. The van der Waals surface area contributed by atoms with E-state index in [1.165, 1.54) is 0 Å². The number of ether oxygens (including phenoxy) is 4. The van der Waals surface area contributed by atoms with E-state index >= 15 is 0 Å². The van der Waals surface area contributed by atoms with Crippen molar-refractivity contribution >= 4 is 17.8 Å². The third-order valence-electron chi connectivity index (χ3n) is 6.14. The van der Waals surface area contributed by atoms with Gasteiger partial charge in [0.05, 0.1) is 6.04 Å². The van der Waals surface area contributed by atoms with Gasteiger partial charge in [0, 0.05) is 0 Å². The number of fused-ring (bicyclic) bond motifs is 2. The van der Waals surface area contributed by atoms with Crippen molar-refractivity contribution in [3.63, 3.8) is 0 Å². The van der Waals surface area contributed by atoms with E-state index in [1.807, 2.05) is 19.1 Å². The van der Waals surface area contributed by atoms with Gasteiger partial charge in [0.1, 0.15) is 38.5 Å². The van der Waals surface area contributed by atoms with Gasteiger partial charge in [0.15, 0.2) is 23.0 Å². The fourth-order valence-corrected chi connectivity index (χ4v) is 4.23. The highest BCUT2D eigenvalue weighted by atomic mass is 16.6. The van der Waals surface area contributed by atoms with Gasteiger partial charge in [0.25, 0.3) is 5.91 Å². The zero-order chi connectivity index (χ0) is 23.9. The van der Waals surface area contributed by atoms with Gasteiger partial charge in [0.2, 0.25) is 5.91 Å². The topological polar surface area (TPSA) is 115 Å². The maximum absolute atomic E-state index is 13.2. The second-order valence-corrected chi connectivity index (χ2v) is 8.50. The molecule has 5 rings (SSSR count).